The van der Waals surface area contributed by atoms with Gasteiger partial charge in [-0.05, 0) is 50.1 Å². The maximum absolute atomic E-state index is 14.0. The highest BCUT2D eigenvalue weighted by molar-refractivity contribution is 6.06. The van der Waals surface area contributed by atoms with Gasteiger partial charge in [0.15, 0.2) is 17.5 Å². The number of benzene rings is 2. The summed E-state index contributed by atoms with van der Waals surface area (Å²) in [6.45, 7) is 3.61. The van der Waals surface area contributed by atoms with Crippen LogP contribution in [0.2, 0.25) is 0 Å². The molecular weight excluding hydrogens is 381 g/mol. The van der Waals surface area contributed by atoms with Gasteiger partial charge < -0.3 is 10.2 Å². The zero-order valence-corrected chi connectivity index (χ0v) is 15.7. The average molecular weight is 398 g/mol. The van der Waals surface area contributed by atoms with Crippen LogP contribution in [-0.2, 0) is 6.42 Å². The third kappa shape index (κ3) is 3.41. The number of halogens is 3. The molecule has 0 fully saturated rings. The van der Waals surface area contributed by atoms with Gasteiger partial charge in [0.1, 0.15) is 5.69 Å². The molecule has 148 valence electrons. The molecule has 3 aromatic rings. The number of nitrogens with zero attached hydrogens (tertiary/aromatic N) is 3. The smallest absolute Gasteiger partial charge is 0.277 e. The van der Waals surface area contributed by atoms with Gasteiger partial charge >= 0.3 is 0 Å². The van der Waals surface area contributed by atoms with Crippen LogP contribution >= 0.6 is 0 Å². The molecule has 1 N–H and O–H groups in total. The maximum Gasteiger partial charge on any atom is 0.277 e. The lowest BCUT2D eigenvalue weighted by Gasteiger charge is -2.22. The van der Waals surface area contributed by atoms with Crippen LogP contribution in [0.25, 0.3) is 0 Å². The minimum Gasteiger partial charge on any atom is -0.322 e. The Kier molecular flexibility index (Phi) is 4.70. The molecule has 0 bridgehead atoms. The third-order valence-corrected chi connectivity index (χ3v) is 4.78. The first-order chi connectivity index (χ1) is 13.8. The lowest BCUT2D eigenvalue weighted by molar-refractivity contribution is 0.0976. The Morgan fingerprint density at radius 2 is 1.86 bits per heavy atom. The Morgan fingerprint density at radius 3 is 2.66 bits per heavy atom. The number of para-hydroxylation sites is 1. The lowest BCUT2D eigenvalue weighted by Crippen LogP contribution is -2.36. The molecule has 2 heterocycles. The van der Waals surface area contributed by atoms with E-state index in [4.69, 9.17) is 0 Å². The summed E-state index contributed by atoms with van der Waals surface area (Å²) in [5.41, 5.74) is 2.15. The summed E-state index contributed by atoms with van der Waals surface area (Å²) in [7, 11) is 0. The molecule has 1 amide bonds. The van der Waals surface area contributed by atoms with E-state index in [2.05, 4.69) is 15.3 Å². The van der Waals surface area contributed by atoms with E-state index in [0.717, 1.165) is 29.8 Å². The van der Waals surface area contributed by atoms with E-state index in [-0.39, 0.29) is 29.3 Å². The van der Waals surface area contributed by atoms with Crippen molar-refractivity contribution in [2.24, 2.45) is 0 Å². The molecular formula is C21H17F3N4O. The van der Waals surface area contributed by atoms with Gasteiger partial charge in [-0.15, -0.1) is 0 Å². The van der Waals surface area contributed by atoms with Gasteiger partial charge in [0.05, 0.1) is 5.69 Å². The first-order valence-electron chi connectivity index (χ1n) is 9.03. The molecule has 2 aromatic carbocycles. The molecule has 1 aliphatic heterocycles. The Hall–Kier alpha value is -3.42. The number of amides is 1. The summed E-state index contributed by atoms with van der Waals surface area (Å²) in [6, 6.07) is 11.0. The van der Waals surface area contributed by atoms with Crippen molar-refractivity contribution in [1.29, 1.82) is 0 Å². The lowest BCUT2D eigenvalue weighted by atomic mass is 10.1. The largest absolute Gasteiger partial charge is 0.322 e. The number of rotatable bonds is 3. The fraction of sp³-hybridized carbons (Fsp3) is 0.190. The number of carbonyl (C=O) groups excluding carboxylic acids is 1. The number of carbonyl (C=O) groups is 1. The molecule has 0 radical (unpaired) electrons. The molecule has 8 heteroatoms. The van der Waals surface area contributed by atoms with Crippen molar-refractivity contribution in [1.82, 2.24) is 9.97 Å². The third-order valence-electron chi connectivity index (χ3n) is 4.78. The molecule has 0 saturated heterocycles. The SMILES string of the molecule is Cc1cc(C(=O)N2c3ccccc3CC2C)nc(Nc2ccc(F)c(F)c2F)n1. The van der Waals surface area contributed by atoms with Crippen LogP contribution in [0, 0.1) is 24.4 Å². The second-order valence-corrected chi connectivity index (χ2v) is 6.92. The zero-order chi connectivity index (χ0) is 20.7. The highest BCUT2D eigenvalue weighted by Crippen LogP contribution is 2.33. The van der Waals surface area contributed by atoms with Gasteiger partial charge in [0, 0.05) is 17.4 Å². The normalized spacial score (nSPS) is 15.3. The molecule has 1 atom stereocenters. The molecule has 0 spiro atoms. The number of aromatic nitrogens is 2. The number of nitrogens with one attached hydrogen (secondary N) is 1. The molecule has 0 aliphatic carbocycles. The quantitative estimate of drug-likeness (QED) is 0.659. The van der Waals surface area contributed by atoms with Crippen LogP contribution < -0.4 is 10.2 Å². The van der Waals surface area contributed by atoms with Gasteiger partial charge in [-0.3, -0.25) is 4.79 Å². The van der Waals surface area contributed by atoms with E-state index in [1.165, 1.54) is 6.07 Å². The maximum atomic E-state index is 14.0. The van der Waals surface area contributed by atoms with Crippen LogP contribution in [0.5, 0.6) is 0 Å². The van der Waals surface area contributed by atoms with Crippen molar-refractivity contribution in [2.45, 2.75) is 26.3 Å². The first-order valence-corrected chi connectivity index (χ1v) is 9.03. The van der Waals surface area contributed by atoms with Crippen LogP contribution in [0.3, 0.4) is 0 Å². The van der Waals surface area contributed by atoms with Crippen LogP contribution in [0.1, 0.15) is 28.7 Å². The fourth-order valence-electron chi connectivity index (χ4n) is 3.48. The summed E-state index contributed by atoms with van der Waals surface area (Å²) < 4.78 is 40.6. The standard InChI is InChI=1S/C21H17F3N4O/c1-11-9-16(20(29)28-12(2)10-13-5-3-4-6-17(13)28)27-21(25-11)26-15-8-7-14(22)18(23)19(15)24/h3-9,12H,10H2,1-2H3,(H,25,26,27). The van der Waals surface area contributed by atoms with Crippen LogP contribution in [0.15, 0.2) is 42.5 Å². The molecule has 1 unspecified atom stereocenters. The highest BCUT2D eigenvalue weighted by Gasteiger charge is 2.32. The van der Waals surface area contributed by atoms with E-state index in [9.17, 15) is 18.0 Å². The van der Waals surface area contributed by atoms with Crippen molar-refractivity contribution in [2.75, 3.05) is 10.2 Å². The van der Waals surface area contributed by atoms with E-state index < -0.39 is 17.5 Å². The van der Waals surface area contributed by atoms with Gasteiger partial charge in [-0.25, -0.2) is 23.1 Å². The van der Waals surface area contributed by atoms with Gasteiger partial charge in [0.2, 0.25) is 5.95 Å². The van der Waals surface area contributed by atoms with E-state index in [0.29, 0.717) is 5.69 Å². The Morgan fingerprint density at radius 1 is 1.10 bits per heavy atom. The second kappa shape index (κ2) is 7.20. The number of hydrogen-bond donors (Lipinski definition) is 1. The Balaban J connectivity index is 1.67. The minimum absolute atomic E-state index is 0.0461. The van der Waals surface area contributed by atoms with Crippen molar-refractivity contribution < 1.29 is 18.0 Å². The van der Waals surface area contributed by atoms with E-state index >= 15 is 0 Å². The van der Waals surface area contributed by atoms with Crippen molar-refractivity contribution in [3.8, 4) is 0 Å². The zero-order valence-electron chi connectivity index (χ0n) is 15.7. The monoisotopic (exact) mass is 398 g/mol. The minimum atomic E-state index is -1.60. The molecule has 5 nitrogen and oxygen atoms in total. The summed E-state index contributed by atoms with van der Waals surface area (Å²) in [4.78, 5) is 23.1. The summed E-state index contributed by atoms with van der Waals surface area (Å²) >= 11 is 0. The molecule has 1 aliphatic rings. The van der Waals surface area contributed by atoms with Crippen molar-refractivity contribution >= 4 is 23.2 Å². The summed E-state index contributed by atoms with van der Waals surface area (Å²) in [6.07, 6.45) is 0.733. The first kappa shape index (κ1) is 18.9. The fourth-order valence-corrected chi connectivity index (χ4v) is 3.48. The number of aryl methyl sites for hydroxylation is 1. The number of fused-ring (bicyclic) bond motifs is 1. The number of anilines is 3. The van der Waals surface area contributed by atoms with E-state index in [1.807, 2.05) is 31.2 Å². The predicted molar refractivity (Wildman–Crippen MR) is 103 cm³/mol. The van der Waals surface area contributed by atoms with Crippen LogP contribution in [-0.4, -0.2) is 21.9 Å². The number of hydrogen-bond acceptors (Lipinski definition) is 4. The topological polar surface area (TPSA) is 58.1 Å². The van der Waals surface area contributed by atoms with Crippen LogP contribution in [0.4, 0.5) is 30.5 Å². The predicted octanol–water partition coefficient (Wildman–Crippen LogP) is 4.54. The van der Waals surface area contributed by atoms with E-state index in [1.54, 1.807) is 11.8 Å². The summed E-state index contributed by atoms with van der Waals surface area (Å²) in [5, 5.41) is 2.52. The second-order valence-electron chi connectivity index (χ2n) is 6.92. The van der Waals surface area contributed by atoms with Crippen molar-refractivity contribution in [3.05, 3.63) is 76.9 Å². The van der Waals surface area contributed by atoms with Crippen molar-refractivity contribution in [3.63, 3.8) is 0 Å². The van der Waals surface area contributed by atoms with Gasteiger partial charge in [-0.1, -0.05) is 18.2 Å². The molecule has 4 rings (SSSR count). The Labute approximate surface area is 165 Å². The Bertz CT molecular complexity index is 1120. The molecule has 1 aromatic heterocycles. The highest BCUT2D eigenvalue weighted by atomic mass is 19.2. The van der Waals surface area contributed by atoms with Gasteiger partial charge in [-0.2, -0.15) is 0 Å². The summed E-state index contributed by atoms with van der Waals surface area (Å²) in [5.74, 6) is -4.68. The molecule has 29 heavy (non-hydrogen) atoms. The van der Waals surface area contributed by atoms with Gasteiger partial charge in [0.25, 0.3) is 5.91 Å². The molecule has 0 saturated carbocycles. The average Bonchev–Trinajstić information content (AvgIpc) is 3.03.